The Bertz CT molecular complexity index is 1270. The molecule has 0 bridgehead atoms. The van der Waals surface area contributed by atoms with E-state index in [-0.39, 0.29) is 5.91 Å². The van der Waals surface area contributed by atoms with E-state index in [0.717, 1.165) is 41.4 Å². The van der Waals surface area contributed by atoms with Gasteiger partial charge in [-0.05, 0) is 30.2 Å². The van der Waals surface area contributed by atoms with Crippen molar-refractivity contribution < 1.29 is 9.53 Å². The molecule has 0 radical (unpaired) electrons. The number of aryl methyl sites for hydroxylation is 1. The Morgan fingerprint density at radius 2 is 1.61 bits per heavy atom. The number of anilines is 2. The van der Waals surface area contributed by atoms with E-state index >= 15 is 0 Å². The predicted molar refractivity (Wildman–Crippen MR) is 143 cm³/mol. The molecule has 184 valence electrons. The maximum absolute atomic E-state index is 13.6. The van der Waals surface area contributed by atoms with E-state index in [1.54, 1.807) is 0 Å². The van der Waals surface area contributed by atoms with Crippen molar-refractivity contribution in [3.8, 4) is 0 Å². The molecule has 0 saturated carbocycles. The van der Waals surface area contributed by atoms with Crippen molar-refractivity contribution in [1.82, 2.24) is 14.8 Å². The minimum absolute atomic E-state index is 0.0998. The lowest BCUT2D eigenvalue weighted by molar-refractivity contribution is -0.115. The predicted octanol–water partition coefficient (Wildman–Crippen LogP) is 4.94. The number of ether oxygens (including phenoxy) is 1. The van der Waals surface area contributed by atoms with Gasteiger partial charge in [0.15, 0.2) is 5.16 Å². The number of aromatic nitrogens is 3. The number of hydrogen-bond donors (Lipinski definition) is 1. The summed E-state index contributed by atoms with van der Waals surface area (Å²) in [6, 6.07) is 27.9. The number of amides is 1. The Balaban J connectivity index is 1.47. The number of carbonyl (C=O) groups is 1. The van der Waals surface area contributed by atoms with Gasteiger partial charge in [0, 0.05) is 18.8 Å². The van der Waals surface area contributed by atoms with Crippen molar-refractivity contribution in [1.29, 1.82) is 0 Å². The van der Waals surface area contributed by atoms with Crippen molar-refractivity contribution in [2.45, 2.75) is 23.9 Å². The molecule has 1 saturated heterocycles. The zero-order chi connectivity index (χ0) is 24.7. The summed E-state index contributed by atoms with van der Waals surface area (Å²) in [5.74, 6) is 0.702. The average Bonchev–Trinajstić information content (AvgIpc) is 3.32. The topological polar surface area (TPSA) is 72.3 Å². The quantitative estimate of drug-likeness (QED) is 0.346. The SMILES string of the molecule is Cc1ccc(NC(=O)[C@H](Sc2nnc(N3CCOCC3)n2Cc2ccccc2)c2ccccc2)cc1. The second-order valence-electron chi connectivity index (χ2n) is 8.72. The van der Waals surface area contributed by atoms with Crippen molar-refractivity contribution in [3.63, 3.8) is 0 Å². The second-order valence-corrected chi connectivity index (χ2v) is 9.79. The molecule has 1 aromatic heterocycles. The fraction of sp³-hybridized carbons (Fsp3) is 0.250. The molecule has 5 rings (SSSR count). The second kappa shape index (κ2) is 11.4. The highest BCUT2D eigenvalue weighted by Gasteiger charge is 2.27. The highest BCUT2D eigenvalue weighted by molar-refractivity contribution is 8.00. The Kier molecular flexibility index (Phi) is 7.64. The largest absolute Gasteiger partial charge is 0.378 e. The standard InChI is InChI=1S/C28H29N5O2S/c1-21-12-14-24(15-13-21)29-26(34)25(23-10-6-3-7-11-23)36-28-31-30-27(32-16-18-35-19-17-32)33(28)20-22-8-4-2-5-9-22/h2-15,25H,16-20H2,1H3,(H,29,34)/t25-/m1/s1. The van der Waals surface area contributed by atoms with Crippen molar-refractivity contribution >= 4 is 29.3 Å². The van der Waals surface area contributed by atoms with Gasteiger partial charge in [0.05, 0.1) is 19.8 Å². The Morgan fingerprint density at radius 1 is 0.944 bits per heavy atom. The molecule has 2 heterocycles. The third-order valence-electron chi connectivity index (χ3n) is 6.06. The summed E-state index contributed by atoms with van der Waals surface area (Å²) in [5, 5.41) is 12.4. The number of nitrogens with one attached hydrogen (secondary N) is 1. The lowest BCUT2D eigenvalue weighted by Crippen LogP contribution is -2.38. The van der Waals surface area contributed by atoms with Gasteiger partial charge >= 0.3 is 0 Å². The monoisotopic (exact) mass is 499 g/mol. The molecular weight excluding hydrogens is 470 g/mol. The molecule has 1 aliphatic heterocycles. The zero-order valence-corrected chi connectivity index (χ0v) is 21.0. The van der Waals surface area contributed by atoms with E-state index in [2.05, 4.69) is 37.1 Å². The number of thioether (sulfide) groups is 1. The van der Waals surface area contributed by atoms with Crippen LogP contribution in [0, 0.1) is 6.92 Å². The number of nitrogens with zero attached hydrogens (tertiary/aromatic N) is 4. The smallest absolute Gasteiger partial charge is 0.242 e. The van der Waals surface area contributed by atoms with Crippen LogP contribution >= 0.6 is 11.8 Å². The Labute approximate surface area is 215 Å². The summed E-state index contributed by atoms with van der Waals surface area (Å²) in [5.41, 5.74) is 3.97. The van der Waals surface area contributed by atoms with Crippen molar-refractivity contribution in [2.75, 3.05) is 36.5 Å². The summed E-state index contributed by atoms with van der Waals surface area (Å²) < 4.78 is 7.66. The number of rotatable bonds is 8. The fourth-order valence-corrected chi connectivity index (χ4v) is 5.15. The molecule has 0 spiro atoms. The summed E-state index contributed by atoms with van der Waals surface area (Å²) in [7, 11) is 0. The van der Waals surface area contributed by atoms with Gasteiger partial charge in [0.2, 0.25) is 11.9 Å². The molecular formula is C28H29N5O2S. The molecule has 4 aromatic rings. The first-order valence-electron chi connectivity index (χ1n) is 12.1. The lowest BCUT2D eigenvalue weighted by atomic mass is 10.1. The summed E-state index contributed by atoms with van der Waals surface area (Å²) in [6.45, 7) is 5.48. The van der Waals surface area contributed by atoms with Gasteiger partial charge in [-0.2, -0.15) is 0 Å². The number of hydrogen-bond acceptors (Lipinski definition) is 6. The van der Waals surface area contributed by atoms with Gasteiger partial charge in [-0.15, -0.1) is 10.2 Å². The van der Waals surface area contributed by atoms with Crippen LogP contribution in [0.15, 0.2) is 90.1 Å². The van der Waals surface area contributed by atoms with Crippen LogP contribution in [-0.2, 0) is 16.1 Å². The van der Waals surface area contributed by atoms with Crippen LogP contribution in [-0.4, -0.2) is 47.0 Å². The summed E-state index contributed by atoms with van der Waals surface area (Å²) in [4.78, 5) is 15.8. The number of carbonyl (C=O) groups excluding carboxylic acids is 1. The van der Waals surface area contributed by atoms with Crippen LogP contribution in [0.25, 0.3) is 0 Å². The Morgan fingerprint density at radius 3 is 2.31 bits per heavy atom. The molecule has 1 aliphatic rings. The van der Waals surface area contributed by atoms with Gasteiger partial charge in [0.1, 0.15) is 5.25 Å². The normalized spacial score (nSPS) is 14.4. The van der Waals surface area contributed by atoms with Crippen molar-refractivity contribution in [2.24, 2.45) is 0 Å². The molecule has 1 amide bonds. The summed E-state index contributed by atoms with van der Waals surface area (Å²) in [6.07, 6.45) is 0. The summed E-state index contributed by atoms with van der Waals surface area (Å²) >= 11 is 1.42. The molecule has 36 heavy (non-hydrogen) atoms. The van der Waals surface area contributed by atoms with Crippen LogP contribution in [0.5, 0.6) is 0 Å². The van der Waals surface area contributed by atoms with E-state index in [1.807, 2.05) is 79.7 Å². The highest BCUT2D eigenvalue weighted by Crippen LogP contribution is 2.37. The first kappa shape index (κ1) is 24.1. The molecule has 0 unspecified atom stereocenters. The molecule has 0 aliphatic carbocycles. The lowest BCUT2D eigenvalue weighted by Gasteiger charge is -2.28. The number of benzene rings is 3. The van der Waals surface area contributed by atoms with E-state index in [0.29, 0.717) is 24.9 Å². The van der Waals surface area contributed by atoms with Gasteiger partial charge in [0.25, 0.3) is 0 Å². The van der Waals surface area contributed by atoms with E-state index < -0.39 is 5.25 Å². The minimum atomic E-state index is -0.497. The fourth-order valence-electron chi connectivity index (χ4n) is 4.12. The maximum Gasteiger partial charge on any atom is 0.242 e. The molecule has 1 atom stereocenters. The van der Waals surface area contributed by atoms with E-state index in [9.17, 15) is 4.79 Å². The average molecular weight is 500 g/mol. The van der Waals surface area contributed by atoms with Crippen LogP contribution in [0.2, 0.25) is 0 Å². The van der Waals surface area contributed by atoms with Crippen LogP contribution < -0.4 is 10.2 Å². The van der Waals surface area contributed by atoms with E-state index in [1.165, 1.54) is 11.8 Å². The van der Waals surface area contributed by atoms with Gasteiger partial charge in [-0.1, -0.05) is 90.1 Å². The third kappa shape index (κ3) is 5.78. The van der Waals surface area contributed by atoms with Crippen LogP contribution in [0.1, 0.15) is 21.9 Å². The van der Waals surface area contributed by atoms with Gasteiger partial charge in [-0.25, -0.2) is 0 Å². The maximum atomic E-state index is 13.6. The first-order chi connectivity index (χ1) is 17.7. The highest BCUT2D eigenvalue weighted by atomic mass is 32.2. The first-order valence-corrected chi connectivity index (χ1v) is 12.9. The minimum Gasteiger partial charge on any atom is -0.378 e. The van der Waals surface area contributed by atoms with Crippen LogP contribution in [0.3, 0.4) is 0 Å². The molecule has 3 aromatic carbocycles. The van der Waals surface area contributed by atoms with Gasteiger partial charge < -0.3 is 15.0 Å². The third-order valence-corrected chi connectivity index (χ3v) is 7.29. The Hall–Kier alpha value is -3.62. The van der Waals surface area contributed by atoms with Gasteiger partial charge in [-0.3, -0.25) is 9.36 Å². The zero-order valence-electron chi connectivity index (χ0n) is 20.2. The molecule has 8 heteroatoms. The van der Waals surface area contributed by atoms with Crippen molar-refractivity contribution in [3.05, 3.63) is 102 Å². The van der Waals surface area contributed by atoms with E-state index in [4.69, 9.17) is 4.74 Å². The molecule has 1 N–H and O–H groups in total. The van der Waals surface area contributed by atoms with Crippen LogP contribution in [0.4, 0.5) is 11.6 Å². The number of morpholine rings is 1. The molecule has 7 nitrogen and oxygen atoms in total. The molecule has 1 fully saturated rings.